The van der Waals surface area contributed by atoms with Crippen LogP contribution in [0.1, 0.15) is 21.6 Å². The van der Waals surface area contributed by atoms with Crippen LogP contribution in [0, 0.1) is 25.5 Å². The van der Waals surface area contributed by atoms with E-state index >= 15 is 0 Å². The topological polar surface area (TPSA) is 46.4 Å². The molecule has 0 aliphatic heterocycles. The van der Waals surface area contributed by atoms with Crippen LogP contribution in [-0.4, -0.2) is 22.3 Å². The molecule has 2 aromatic heterocycles. The van der Waals surface area contributed by atoms with Crippen molar-refractivity contribution in [2.24, 2.45) is 0 Å². The molecule has 1 aromatic carbocycles. The number of nitrogens with one attached hydrogen (secondary N) is 1. The zero-order valence-electron chi connectivity index (χ0n) is 12.9. The molecule has 0 spiro atoms. The monoisotopic (exact) mass is 315 g/mol. The quantitative estimate of drug-likeness (QED) is 0.789. The van der Waals surface area contributed by atoms with Gasteiger partial charge in [-0.15, -0.1) is 0 Å². The second kappa shape index (κ2) is 5.46. The van der Waals surface area contributed by atoms with Crippen LogP contribution in [0.2, 0.25) is 0 Å². The lowest BCUT2D eigenvalue weighted by Crippen LogP contribution is -2.18. The summed E-state index contributed by atoms with van der Waals surface area (Å²) >= 11 is 0. The lowest BCUT2D eigenvalue weighted by molar-refractivity contribution is 0.0962. The molecule has 0 radical (unpaired) electrons. The van der Waals surface area contributed by atoms with E-state index in [4.69, 9.17) is 0 Å². The Balaban J connectivity index is 2.23. The van der Waals surface area contributed by atoms with Crippen molar-refractivity contribution >= 4 is 11.6 Å². The number of hydrogen-bond acceptors (Lipinski definition) is 2. The Labute approximate surface area is 131 Å². The summed E-state index contributed by atoms with van der Waals surface area (Å²) in [5.41, 5.74) is 2.19. The van der Waals surface area contributed by atoms with Crippen LogP contribution in [-0.2, 0) is 0 Å². The highest BCUT2D eigenvalue weighted by molar-refractivity contribution is 5.94. The smallest absolute Gasteiger partial charge is 0.251 e. The van der Waals surface area contributed by atoms with Gasteiger partial charge in [0.15, 0.2) is 0 Å². The molecule has 0 fully saturated rings. The fourth-order valence-corrected chi connectivity index (χ4v) is 2.58. The van der Waals surface area contributed by atoms with E-state index in [9.17, 15) is 13.6 Å². The molecular weight excluding hydrogens is 300 g/mol. The van der Waals surface area contributed by atoms with Crippen LogP contribution in [0.3, 0.4) is 0 Å². The average molecular weight is 315 g/mol. The maximum Gasteiger partial charge on any atom is 0.251 e. The number of pyridine rings is 1. The average Bonchev–Trinajstić information content (AvgIpc) is 2.82. The van der Waals surface area contributed by atoms with Gasteiger partial charge in [0.2, 0.25) is 0 Å². The molecule has 6 heteroatoms. The second-order valence-electron chi connectivity index (χ2n) is 5.37. The number of carbonyl (C=O) groups excluding carboxylic acids is 1. The number of aryl methyl sites for hydroxylation is 2. The number of hydrogen-bond donors (Lipinski definition) is 1. The highest BCUT2D eigenvalue weighted by Gasteiger charge is 2.21. The largest absolute Gasteiger partial charge is 0.355 e. The summed E-state index contributed by atoms with van der Waals surface area (Å²) in [6, 6.07) is 5.77. The Morgan fingerprint density at radius 2 is 1.83 bits per heavy atom. The highest BCUT2D eigenvalue weighted by atomic mass is 19.1. The number of aromatic nitrogens is 2. The molecule has 0 saturated heterocycles. The normalized spacial score (nSPS) is 11.0. The van der Waals surface area contributed by atoms with Gasteiger partial charge in [0.05, 0.1) is 11.3 Å². The number of amides is 1. The number of benzene rings is 1. The molecule has 3 rings (SSSR count). The Kier molecular flexibility index (Phi) is 3.60. The van der Waals surface area contributed by atoms with Crippen molar-refractivity contribution in [1.82, 2.24) is 14.7 Å². The maximum atomic E-state index is 14.4. The lowest BCUT2D eigenvalue weighted by atomic mass is 10.1. The molecule has 1 N–H and O–H groups in total. The lowest BCUT2D eigenvalue weighted by Gasteiger charge is -2.06. The van der Waals surface area contributed by atoms with Crippen LogP contribution in [0.25, 0.3) is 16.9 Å². The third-order valence-corrected chi connectivity index (χ3v) is 3.79. The molecule has 0 aliphatic rings. The van der Waals surface area contributed by atoms with Gasteiger partial charge < -0.3 is 9.72 Å². The maximum absolute atomic E-state index is 14.4. The molecule has 4 nitrogen and oxygen atoms in total. The first kappa shape index (κ1) is 15.1. The van der Waals surface area contributed by atoms with E-state index < -0.39 is 17.5 Å². The summed E-state index contributed by atoms with van der Waals surface area (Å²) < 4.78 is 30.6. The molecule has 2 heterocycles. The molecule has 0 atom stereocenters. The zero-order chi connectivity index (χ0) is 16.7. The highest BCUT2D eigenvalue weighted by Crippen LogP contribution is 2.30. The number of rotatable bonds is 2. The molecule has 23 heavy (non-hydrogen) atoms. The summed E-state index contributed by atoms with van der Waals surface area (Å²) in [6.45, 7) is 3.67. The molecular formula is C17H15F2N3O. The van der Waals surface area contributed by atoms with Crippen molar-refractivity contribution in [3.8, 4) is 11.3 Å². The Morgan fingerprint density at radius 1 is 1.17 bits per heavy atom. The summed E-state index contributed by atoms with van der Waals surface area (Å²) in [4.78, 5) is 15.9. The summed E-state index contributed by atoms with van der Waals surface area (Å²) in [5, 5.41) is 2.34. The van der Waals surface area contributed by atoms with Gasteiger partial charge in [-0.1, -0.05) is 0 Å². The van der Waals surface area contributed by atoms with E-state index in [2.05, 4.69) is 10.3 Å². The van der Waals surface area contributed by atoms with Gasteiger partial charge in [-0.3, -0.25) is 4.79 Å². The van der Waals surface area contributed by atoms with Crippen LogP contribution >= 0.6 is 0 Å². The van der Waals surface area contributed by atoms with Gasteiger partial charge in [-0.05, 0) is 43.7 Å². The minimum Gasteiger partial charge on any atom is -0.355 e. The Hall–Kier alpha value is -2.76. The molecule has 118 valence electrons. The standard InChI is InChI=1S/C17H15F2N3O/c1-9-4-5-22-10(2)16(21-14(22)6-9)15-12(18)7-11(8-13(15)19)17(23)20-3/h4-8H,1-3H3,(H,20,23). The van der Waals surface area contributed by atoms with Crippen LogP contribution in [0.15, 0.2) is 30.5 Å². The van der Waals surface area contributed by atoms with Gasteiger partial charge in [-0.25, -0.2) is 13.8 Å². The van der Waals surface area contributed by atoms with Crippen molar-refractivity contribution in [2.45, 2.75) is 13.8 Å². The van der Waals surface area contributed by atoms with Gasteiger partial charge >= 0.3 is 0 Å². The first-order chi connectivity index (χ1) is 10.9. The summed E-state index contributed by atoms with van der Waals surface area (Å²) in [6.07, 6.45) is 1.81. The molecule has 1 amide bonds. The summed E-state index contributed by atoms with van der Waals surface area (Å²) in [7, 11) is 1.40. The van der Waals surface area contributed by atoms with E-state index in [1.165, 1.54) is 7.05 Å². The van der Waals surface area contributed by atoms with Crippen molar-refractivity contribution in [3.63, 3.8) is 0 Å². The van der Waals surface area contributed by atoms with Gasteiger partial charge in [-0.2, -0.15) is 0 Å². The van der Waals surface area contributed by atoms with Crippen molar-refractivity contribution < 1.29 is 13.6 Å². The van der Waals surface area contributed by atoms with E-state index in [0.29, 0.717) is 11.3 Å². The Bertz CT molecular complexity index is 908. The first-order valence-corrected chi connectivity index (χ1v) is 7.09. The number of nitrogens with zero attached hydrogens (tertiary/aromatic N) is 2. The second-order valence-corrected chi connectivity index (χ2v) is 5.37. The number of fused-ring (bicyclic) bond motifs is 1. The fourth-order valence-electron chi connectivity index (χ4n) is 2.58. The third-order valence-electron chi connectivity index (χ3n) is 3.79. The minimum atomic E-state index is -0.813. The molecule has 3 aromatic rings. The van der Waals surface area contributed by atoms with Crippen LogP contribution in [0.5, 0.6) is 0 Å². The third kappa shape index (κ3) is 2.46. The fraction of sp³-hybridized carbons (Fsp3) is 0.176. The van der Waals surface area contributed by atoms with Crippen LogP contribution < -0.4 is 5.32 Å². The molecule has 0 saturated carbocycles. The van der Waals surface area contributed by atoms with E-state index in [-0.39, 0.29) is 16.8 Å². The molecule has 0 aliphatic carbocycles. The van der Waals surface area contributed by atoms with E-state index in [0.717, 1.165) is 17.7 Å². The van der Waals surface area contributed by atoms with E-state index in [1.807, 2.05) is 25.3 Å². The van der Waals surface area contributed by atoms with E-state index in [1.54, 1.807) is 11.3 Å². The number of carbonyl (C=O) groups is 1. The molecule has 0 bridgehead atoms. The summed E-state index contributed by atoms with van der Waals surface area (Å²) in [5.74, 6) is -2.17. The number of imidazole rings is 1. The van der Waals surface area contributed by atoms with Gasteiger partial charge in [0.1, 0.15) is 17.3 Å². The van der Waals surface area contributed by atoms with Crippen LogP contribution in [0.4, 0.5) is 8.78 Å². The SMILES string of the molecule is CNC(=O)c1cc(F)c(-c2nc3cc(C)ccn3c2C)c(F)c1. The predicted molar refractivity (Wildman–Crippen MR) is 83.4 cm³/mol. The first-order valence-electron chi connectivity index (χ1n) is 7.09. The molecule has 0 unspecified atom stereocenters. The Morgan fingerprint density at radius 3 is 2.43 bits per heavy atom. The van der Waals surface area contributed by atoms with Crippen molar-refractivity contribution in [1.29, 1.82) is 0 Å². The number of halogens is 2. The minimum absolute atomic E-state index is 0.0662. The van der Waals surface area contributed by atoms with Gasteiger partial charge in [0.25, 0.3) is 5.91 Å². The zero-order valence-corrected chi connectivity index (χ0v) is 12.9. The van der Waals surface area contributed by atoms with Crippen molar-refractivity contribution in [3.05, 3.63) is 58.9 Å². The van der Waals surface area contributed by atoms with Gasteiger partial charge in [0, 0.05) is 24.5 Å². The predicted octanol–water partition coefficient (Wildman–Crippen LogP) is 3.26. The van der Waals surface area contributed by atoms with Crippen molar-refractivity contribution in [2.75, 3.05) is 7.05 Å².